The number of rotatable bonds is 1. The topological polar surface area (TPSA) is 20.3 Å². The highest BCUT2D eigenvalue weighted by Crippen LogP contribution is 2.76. The Morgan fingerprint density at radius 1 is 1.22 bits per heavy atom. The number of carbonyl (C=O) groups excluding carboxylic acids is 1. The summed E-state index contributed by atoms with van der Waals surface area (Å²) in [4.78, 5) is 13.2. The molecule has 1 amide bonds. The van der Waals surface area contributed by atoms with Gasteiger partial charge in [-0.15, -0.1) is 23.2 Å². The Balaban J connectivity index is 2.30. The fraction of sp³-hybridized carbons (Fsp3) is 0.500. The molecule has 1 aliphatic carbocycles. The summed E-state index contributed by atoms with van der Waals surface area (Å²) in [6.45, 7) is 6.12. The first-order valence-electron chi connectivity index (χ1n) is 6.01. The van der Waals surface area contributed by atoms with Gasteiger partial charge in [0.05, 0.1) is 0 Å². The molecule has 4 heteroatoms. The molecule has 0 saturated heterocycles. The van der Waals surface area contributed by atoms with E-state index in [1.54, 1.807) is 4.90 Å². The van der Waals surface area contributed by atoms with Gasteiger partial charge in [0.1, 0.15) is 4.33 Å². The second-order valence-corrected chi connectivity index (χ2v) is 7.29. The molecule has 1 fully saturated rings. The molecule has 0 aromatic heterocycles. The van der Waals surface area contributed by atoms with E-state index in [1.807, 2.05) is 38.1 Å². The lowest BCUT2D eigenvalue weighted by Crippen LogP contribution is -2.50. The van der Waals surface area contributed by atoms with Gasteiger partial charge in [-0.2, -0.15) is 0 Å². The number of anilines is 1. The molecule has 3 rings (SSSR count). The average Bonchev–Trinajstić information content (AvgIpc) is 2.75. The first-order chi connectivity index (χ1) is 8.29. The number of alkyl halides is 2. The summed E-state index contributed by atoms with van der Waals surface area (Å²) in [6, 6.07) is 7.86. The SMILES string of the molecule is CC1(C)[C@H]2C(Cl)(Cl)[C@@]2(C)c2ccccc2N1C=O. The van der Waals surface area contributed by atoms with Crippen LogP contribution in [0.1, 0.15) is 26.3 Å². The fourth-order valence-corrected chi connectivity index (χ4v) is 5.06. The van der Waals surface area contributed by atoms with E-state index in [1.165, 1.54) is 0 Å². The van der Waals surface area contributed by atoms with Crippen LogP contribution in [0.4, 0.5) is 5.69 Å². The second-order valence-electron chi connectivity index (χ2n) is 5.90. The molecule has 0 spiro atoms. The number of amides is 1. The number of halogens is 2. The van der Waals surface area contributed by atoms with E-state index in [9.17, 15) is 4.79 Å². The smallest absolute Gasteiger partial charge is 0.214 e. The molecule has 2 atom stereocenters. The van der Waals surface area contributed by atoms with Gasteiger partial charge in [0.15, 0.2) is 0 Å². The molecule has 2 nitrogen and oxygen atoms in total. The van der Waals surface area contributed by atoms with Crippen molar-refractivity contribution >= 4 is 35.3 Å². The van der Waals surface area contributed by atoms with Crippen molar-refractivity contribution in [3.8, 4) is 0 Å². The van der Waals surface area contributed by atoms with E-state index in [-0.39, 0.29) is 16.9 Å². The monoisotopic (exact) mass is 283 g/mol. The van der Waals surface area contributed by atoms with Gasteiger partial charge < -0.3 is 4.90 Å². The molecule has 18 heavy (non-hydrogen) atoms. The number of hydrogen-bond acceptors (Lipinski definition) is 1. The summed E-state index contributed by atoms with van der Waals surface area (Å²) < 4.78 is -0.815. The van der Waals surface area contributed by atoms with Gasteiger partial charge in [0.2, 0.25) is 6.41 Å². The molecule has 1 aromatic rings. The molecule has 96 valence electrons. The molecule has 1 aliphatic heterocycles. The van der Waals surface area contributed by atoms with Gasteiger partial charge in [-0.3, -0.25) is 4.79 Å². The standard InChI is InChI=1S/C14H15Cl2NO/c1-12(2)11-13(3,14(11,15)16)9-6-4-5-7-10(9)17(12)8-18/h4-8,11H,1-3H3/t11-,13+/m1/s1. The van der Waals surface area contributed by atoms with E-state index in [4.69, 9.17) is 23.2 Å². The molecular formula is C14H15Cl2NO. The number of para-hydroxylation sites is 1. The maximum Gasteiger partial charge on any atom is 0.214 e. The summed E-state index contributed by atoms with van der Waals surface area (Å²) >= 11 is 13.0. The molecule has 0 unspecified atom stereocenters. The van der Waals surface area contributed by atoms with Crippen LogP contribution in [0.5, 0.6) is 0 Å². The third-order valence-electron chi connectivity index (χ3n) is 4.70. The van der Waals surface area contributed by atoms with Crippen LogP contribution >= 0.6 is 23.2 Å². The molecule has 2 aliphatic rings. The predicted molar refractivity (Wildman–Crippen MR) is 74.3 cm³/mol. The van der Waals surface area contributed by atoms with Crippen molar-refractivity contribution in [3.63, 3.8) is 0 Å². The maximum absolute atomic E-state index is 11.5. The summed E-state index contributed by atoms with van der Waals surface area (Å²) in [5.74, 6) is 0.0425. The Labute approximate surface area is 117 Å². The minimum Gasteiger partial charge on any atom is -0.309 e. The highest BCUT2D eigenvalue weighted by Gasteiger charge is 2.81. The molecule has 0 N–H and O–H groups in total. The zero-order chi connectivity index (χ0) is 13.3. The minimum atomic E-state index is -0.815. The summed E-state index contributed by atoms with van der Waals surface area (Å²) in [7, 11) is 0. The van der Waals surface area contributed by atoms with E-state index in [2.05, 4.69) is 6.92 Å². The Hall–Kier alpha value is -0.730. The van der Waals surface area contributed by atoms with E-state index < -0.39 is 4.33 Å². The van der Waals surface area contributed by atoms with Crippen LogP contribution in [0.3, 0.4) is 0 Å². The Kier molecular flexibility index (Phi) is 2.21. The number of carbonyl (C=O) groups is 1. The molecular weight excluding hydrogens is 269 g/mol. The van der Waals surface area contributed by atoms with Crippen molar-refractivity contribution in [1.29, 1.82) is 0 Å². The average molecular weight is 284 g/mol. The van der Waals surface area contributed by atoms with Crippen LogP contribution in [0.15, 0.2) is 24.3 Å². The number of nitrogens with zero attached hydrogens (tertiary/aromatic N) is 1. The first-order valence-corrected chi connectivity index (χ1v) is 6.77. The predicted octanol–water partition coefficient (Wildman–Crippen LogP) is 3.50. The lowest BCUT2D eigenvalue weighted by Gasteiger charge is -2.42. The molecule has 0 radical (unpaired) electrons. The quantitative estimate of drug-likeness (QED) is 0.571. The van der Waals surface area contributed by atoms with Crippen LogP contribution in [0.2, 0.25) is 0 Å². The zero-order valence-electron chi connectivity index (χ0n) is 10.6. The van der Waals surface area contributed by atoms with E-state index >= 15 is 0 Å². The van der Waals surface area contributed by atoms with Gasteiger partial charge in [-0.25, -0.2) is 0 Å². The number of fused-ring (bicyclic) bond motifs is 3. The van der Waals surface area contributed by atoms with Crippen molar-refractivity contribution in [1.82, 2.24) is 0 Å². The van der Waals surface area contributed by atoms with Crippen LogP contribution in [0.25, 0.3) is 0 Å². The summed E-state index contributed by atoms with van der Waals surface area (Å²) in [6.07, 6.45) is 0.876. The Morgan fingerprint density at radius 3 is 2.44 bits per heavy atom. The summed E-state index contributed by atoms with van der Waals surface area (Å²) in [5, 5.41) is 0. The van der Waals surface area contributed by atoms with Gasteiger partial charge >= 0.3 is 0 Å². The largest absolute Gasteiger partial charge is 0.309 e. The van der Waals surface area contributed by atoms with Gasteiger partial charge in [-0.05, 0) is 25.5 Å². The second kappa shape index (κ2) is 3.23. The highest BCUT2D eigenvalue weighted by atomic mass is 35.5. The van der Waals surface area contributed by atoms with Crippen molar-refractivity contribution in [3.05, 3.63) is 29.8 Å². The Bertz CT molecular complexity index is 540. The molecule has 1 saturated carbocycles. The Morgan fingerprint density at radius 2 is 1.83 bits per heavy atom. The van der Waals surface area contributed by atoms with Crippen molar-refractivity contribution in [2.75, 3.05) is 4.90 Å². The normalized spacial score (nSPS) is 34.5. The fourth-order valence-electron chi connectivity index (χ4n) is 3.78. The van der Waals surface area contributed by atoms with Crippen LogP contribution in [-0.2, 0) is 10.2 Å². The van der Waals surface area contributed by atoms with Gasteiger partial charge in [-0.1, -0.05) is 25.1 Å². The molecule has 1 aromatic carbocycles. The number of benzene rings is 1. The first kappa shape index (κ1) is 12.3. The maximum atomic E-state index is 11.5. The molecule has 1 heterocycles. The third-order valence-corrected chi connectivity index (χ3v) is 5.93. The van der Waals surface area contributed by atoms with Crippen molar-refractivity contribution in [2.45, 2.75) is 36.1 Å². The molecule has 0 bridgehead atoms. The van der Waals surface area contributed by atoms with Gasteiger partial charge in [0.25, 0.3) is 0 Å². The zero-order valence-corrected chi connectivity index (χ0v) is 12.1. The van der Waals surface area contributed by atoms with Crippen molar-refractivity contribution < 1.29 is 4.79 Å². The van der Waals surface area contributed by atoms with E-state index in [0.717, 1.165) is 17.7 Å². The third kappa shape index (κ3) is 1.10. The summed E-state index contributed by atoms with van der Waals surface area (Å²) in [5.41, 5.74) is 1.32. The van der Waals surface area contributed by atoms with Crippen LogP contribution < -0.4 is 4.90 Å². The highest BCUT2D eigenvalue weighted by molar-refractivity contribution is 6.53. The van der Waals surface area contributed by atoms with Gasteiger partial charge in [0, 0.05) is 22.6 Å². The van der Waals surface area contributed by atoms with Crippen LogP contribution in [-0.4, -0.2) is 16.3 Å². The lowest BCUT2D eigenvalue weighted by molar-refractivity contribution is -0.108. The number of hydrogen-bond donors (Lipinski definition) is 0. The van der Waals surface area contributed by atoms with E-state index in [0.29, 0.717) is 0 Å². The van der Waals surface area contributed by atoms with Crippen molar-refractivity contribution in [2.24, 2.45) is 5.92 Å². The van der Waals surface area contributed by atoms with Crippen LogP contribution in [0, 0.1) is 5.92 Å². The lowest BCUT2D eigenvalue weighted by atomic mass is 9.80. The minimum absolute atomic E-state index is 0.0425.